The fourth-order valence-corrected chi connectivity index (χ4v) is 5.52. The molecule has 0 bridgehead atoms. The molecule has 1 fully saturated rings. The maximum Gasteiger partial charge on any atom is 0.268 e. The summed E-state index contributed by atoms with van der Waals surface area (Å²) in [6, 6.07) is 15.1. The summed E-state index contributed by atoms with van der Waals surface area (Å²) >= 11 is 1.36. The first kappa shape index (κ1) is 22.5. The molecule has 0 unspecified atom stereocenters. The van der Waals surface area contributed by atoms with E-state index in [-0.39, 0.29) is 17.9 Å². The Morgan fingerprint density at radius 1 is 0.812 bits per heavy atom. The Balaban J connectivity index is 1.76. The zero-order valence-corrected chi connectivity index (χ0v) is 19.5. The van der Waals surface area contributed by atoms with Crippen molar-refractivity contribution in [2.75, 3.05) is 14.2 Å². The molecular weight excluding hydrogens is 422 g/mol. The largest absolute Gasteiger partial charge is 0.493 e. The van der Waals surface area contributed by atoms with Crippen molar-refractivity contribution in [2.45, 2.75) is 55.9 Å². The van der Waals surface area contributed by atoms with Gasteiger partial charge < -0.3 is 9.47 Å². The minimum Gasteiger partial charge on any atom is -0.493 e. The molecule has 0 saturated heterocycles. The van der Waals surface area contributed by atoms with E-state index in [1.165, 1.54) is 23.1 Å². The molecule has 5 nitrogen and oxygen atoms in total. The average molecular weight is 452 g/mol. The van der Waals surface area contributed by atoms with E-state index in [2.05, 4.69) is 0 Å². The SMILES string of the molecule is COc1ccc(C2=C(Sc3ccccc3)C(=O)N(C3CCCCCCC3)C2=O)cc1OC. The fourth-order valence-electron chi connectivity index (χ4n) is 4.50. The van der Waals surface area contributed by atoms with Gasteiger partial charge in [-0.15, -0.1) is 0 Å². The van der Waals surface area contributed by atoms with E-state index in [4.69, 9.17) is 9.47 Å². The van der Waals surface area contributed by atoms with Crippen LogP contribution in [0.1, 0.15) is 50.5 Å². The average Bonchev–Trinajstić information content (AvgIpc) is 3.03. The normalized spacial score (nSPS) is 18.0. The summed E-state index contributed by atoms with van der Waals surface area (Å²) in [6.07, 6.45) is 7.41. The van der Waals surface area contributed by atoms with Gasteiger partial charge >= 0.3 is 0 Å². The zero-order chi connectivity index (χ0) is 22.5. The smallest absolute Gasteiger partial charge is 0.268 e. The number of amides is 2. The highest BCUT2D eigenvalue weighted by atomic mass is 32.2. The van der Waals surface area contributed by atoms with Crippen LogP contribution in [0.2, 0.25) is 0 Å². The number of imide groups is 1. The Labute approximate surface area is 193 Å². The summed E-state index contributed by atoms with van der Waals surface area (Å²) in [5, 5.41) is 0. The van der Waals surface area contributed by atoms with E-state index in [0.717, 1.165) is 43.4 Å². The summed E-state index contributed by atoms with van der Waals surface area (Å²) < 4.78 is 10.8. The Hall–Kier alpha value is -2.73. The molecule has 1 aliphatic carbocycles. The summed E-state index contributed by atoms with van der Waals surface area (Å²) in [6.45, 7) is 0. The van der Waals surface area contributed by atoms with E-state index in [1.807, 2.05) is 36.4 Å². The van der Waals surface area contributed by atoms with Gasteiger partial charge in [0.15, 0.2) is 11.5 Å². The maximum absolute atomic E-state index is 13.7. The number of nitrogens with zero attached hydrogens (tertiary/aromatic N) is 1. The lowest BCUT2D eigenvalue weighted by atomic mass is 9.95. The zero-order valence-electron chi connectivity index (χ0n) is 18.6. The van der Waals surface area contributed by atoms with Crippen molar-refractivity contribution in [3.63, 3.8) is 0 Å². The standard InChI is InChI=1S/C26H29NO4S/c1-30-21-16-15-18(17-22(21)31-2)23-24(32-20-13-9-6-10-14-20)26(29)27(25(23)28)19-11-7-4-3-5-8-12-19/h6,9-10,13-17,19H,3-5,7-8,11-12H2,1-2H3. The Kier molecular flexibility index (Phi) is 7.20. The van der Waals surface area contributed by atoms with Gasteiger partial charge in [-0.2, -0.15) is 0 Å². The summed E-state index contributed by atoms with van der Waals surface area (Å²) in [5.74, 6) is 0.736. The lowest BCUT2D eigenvalue weighted by Crippen LogP contribution is -2.41. The first-order valence-corrected chi connectivity index (χ1v) is 12.0. The lowest BCUT2D eigenvalue weighted by molar-refractivity contribution is -0.139. The number of hydrogen-bond donors (Lipinski definition) is 0. The van der Waals surface area contributed by atoms with Gasteiger partial charge in [0.25, 0.3) is 11.8 Å². The second kappa shape index (κ2) is 10.3. The van der Waals surface area contributed by atoms with Crippen LogP contribution >= 0.6 is 11.8 Å². The molecule has 2 aromatic carbocycles. The molecule has 32 heavy (non-hydrogen) atoms. The third-order valence-corrected chi connectivity index (χ3v) is 7.24. The summed E-state index contributed by atoms with van der Waals surface area (Å²) in [7, 11) is 3.15. The monoisotopic (exact) mass is 451 g/mol. The van der Waals surface area contributed by atoms with Crippen molar-refractivity contribution < 1.29 is 19.1 Å². The van der Waals surface area contributed by atoms with E-state index in [0.29, 0.717) is 27.5 Å². The van der Waals surface area contributed by atoms with Gasteiger partial charge in [-0.3, -0.25) is 14.5 Å². The molecule has 4 rings (SSSR count). The summed E-state index contributed by atoms with van der Waals surface area (Å²) in [4.78, 5) is 30.3. The van der Waals surface area contributed by atoms with Gasteiger partial charge in [0.1, 0.15) is 0 Å². The van der Waals surface area contributed by atoms with Crippen molar-refractivity contribution in [1.29, 1.82) is 0 Å². The lowest BCUT2D eigenvalue weighted by Gasteiger charge is -2.28. The van der Waals surface area contributed by atoms with Crippen LogP contribution in [-0.2, 0) is 9.59 Å². The predicted octanol–water partition coefficient (Wildman–Crippen LogP) is 5.69. The quantitative estimate of drug-likeness (QED) is 0.528. The van der Waals surface area contributed by atoms with Crippen LogP contribution in [0.15, 0.2) is 58.3 Å². The Bertz CT molecular complexity index is 1010. The number of ether oxygens (including phenoxy) is 2. The number of carbonyl (C=O) groups is 2. The molecule has 1 heterocycles. The molecule has 0 radical (unpaired) electrons. The molecule has 168 valence electrons. The van der Waals surface area contributed by atoms with Crippen LogP contribution < -0.4 is 9.47 Å². The maximum atomic E-state index is 13.7. The number of thioether (sulfide) groups is 1. The van der Waals surface area contributed by atoms with Gasteiger partial charge in [0, 0.05) is 10.9 Å². The van der Waals surface area contributed by atoms with Crippen LogP contribution in [0.5, 0.6) is 11.5 Å². The molecule has 6 heteroatoms. The highest BCUT2D eigenvalue weighted by molar-refractivity contribution is 8.04. The third kappa shape index (κ3) is 4.56. The fraction of sp³-hybridized carbons (Fsp3) is 0.385. The molecule has 1 saturated carbocycles. The van der Waals surface area contributed by atoms with Gasteiger partial charge in [-0.1, -0.05) is 68.1 Å². The first-order chi connectivity index (χ1) is 15.6. The number of rotatable bonds is 6. The molecule has 0 N–H and O–H groups in total. The van der Waals surface area contributed by atoms with Crippen LogP contribution in [-0.4, -0.2) is 37.0 Å². The van der Waals surface area contributed by atoms with Crippen LogP contribution in [0.4, 0.5) is 0 Å². The highest BCUT2D eigenvalue weighted by Gasteiger charge is 2.43. The second-order valence-corrected chi connectivity index (χ2v) is 9.25. The third-order valence-electron chi connectivity index (χ3n) is 6.15. The van der Waals surface area contributed by atoms with Crippen LogP contribution in [0.25, 0.3) is 5.57 Å². The number of benzene rings is 2. The molecule has 0 aromatic heterocycles. The Morgan fingerprint density at radius 3 is 2.12 bits per heavy atom. The Morgan fingerprint density at radius 2 is 1.47 bits per heavy atom. The van der Waals surface area contributed by atoms with Gasteiger partial charge in [-0.05, 0) is 42.7 Å². The molecule has 2 amide bonds. The highest BCUT2D eigenvalue weighted by Crippen LogP contribution is 2.43. The first-order valence-electron chi connectivity index (χ1n) is 11.2. The van der Waals surface area contributed by atoms with Crippen molar-refractivity contribution in [3.8, 4) is 11.5 Å². The van der Waals surface area contributed by atoms with Gasteiger partial charge in [0.2, 0.25) is 0 Å². The van der Waals surface area contributed by atoms with E-state index < -0.39 is 0 Å². The van der Waals surface area contributed by atoms with Crippen molar-refractivity contribution in [3.05, 3.63) is 59.0 Å². The van der Waals surface area contributed by atoms with E-state index in [1.54, 1.807) is 26.4 Å². The molecule has 0 spiro atoms. The number of carbonyl (C=O) groups excluding carboxylic acids is 2. The van der Waals surface area contributed by atoms with E-state index in [9.17, 15) is 9.59 Å². The molecule has 2 aromatic rings. The molecular formula is C26H29NO4S. The van der Waals surface area contributed by atoms with Crippen molar-refractivity contribution in [2.24, 2.45) is 0 Å². The molecule has 2 aliphatic rings. The van der Waals surface area contributed by atoms with E-state index >= 15 is 0 Å². The van der Waals surface area contributed by atoms with Gasteiger partial charge in [-0.25, -0.2) is 0 Å². The summed E-state index contributed by atoms with van der Waals surface area (Å²) in [5.41, 5.74) is 1.12. The van der Waals surface area contributed by atoms with Gasteiger partial charge in [0.05, 0.1) is 24.7 Å². The minimum absolute atomic E-state index is 0.0423. The van der Waals surface area contributed by atoms with Crippen molar-refractivity contribution >= 4 is 29.1 Å². The number of methoxy groups -OCH3 is 2. The second-order valence-electron chi connectivity index (χ2n) is 8.17. The topological polar surface area (TPSA) is 55.8 Å². The number of hydrogen-bond acceptors (Lipinski definition) is 5. The van der Waals surface area contributed by atoms with Crippen LogP contribution in [0.3, 0.4) is 0 Å². The van der Waals surface area contributed by atoms with Crippen molar-refractivity contribution in [1.82, 2.24) is 4.90 Å². The minimum atomic E-state index is -0.203. The molecule has 0 atom stereocenters. The van der Waals surface area contributed by atoms with Crippen LogP contribution in [0, 0.1) is 0 Å². The predicted molar refractivity (Wildman–Crippen MR) is 127 cm³/mol. The molecule has 1 aliphatic heterocycles.